The summed E-state index contributed by atoms with van der Waals surface area (Å²) in [5, 5.41) is 0. The van der Waals surface area contributed by atoms with Crippen molar-refractivity contribution >= 4 is 5.97 Å². The number of benzene rings is 3. The summed E-state index contributed by atoms with van der Waals surface area (Å²) < 4.78 is 23.8. The van der Waals surface area contributed by atoms with E-state index in [1.165, 1.54) is 44.9 Å². The molecule has 3 aromatic carbocycles. The molecule has 1 unspecified atom stereocenters. The van der Waals surface area contributed by atoms with Crippen molar-refractivity contribution < 1.29 is 23.7 Å². The monoisotopic (exact) mass is 544 g/mol. The molecule has 40 heavy (non-hydrogen) atoms. The van der Waals surface area contributed by atoms with Crippen molar-refractivity contribution in [1.29, 1.82) is 0 Å². The second kappa shape index (κ2) is 16.0. The first kappa shape index (κ1) is 29.5. The summed E-state index contributed by atoms with van der Waals surface area (Å²) in [6, 6.07) is 21.7. The Balaban J connectivity index is 1.30. The highest BCUT2D eigenvalue weighted by Crippen LogP contribution is 2.41. The summed E-state index contributed by atoms with van der Waals surface area (Å²) in [6.45, 7) is 2.71. The molecule has 0 aliphatic carbocycles. The molecule has 0 saturated carbocycles. The van der Waals surface area contributed by atoms with Gasteiger partial charge in [-0.25, -0.2) is 0 Å². The second-order valence-corrected chi connectivity index (χ2v) is 10.6. The minimum absolute atomic E-state index is 0.169. The van der Waals surface area contributed by atoms with Crippen LogP contribution in [-0.4, -0.2) is 13.1 Å². The van der Waals surface area contributed by atoms with E-state index in [1.807, 2.05) is 66.7 Å². The lowest BCUT2D eigenvalue weighted by Crippen LogP contribution is -2.17. The van der Waals surface area contributed by atoms with E-state index in [9.17, 15) is 4.79 Å². The fourth-order valence-electron chi connectivity index (χ4n) is 5.16. The molecule has 0 radical (unpaired) electrons. The van der Waals surface area contributed by atoms with E-state index in [4.69, 9.17) is 18.9 Å². The maximum atomic E-state index is 12.5. The molecule has 0 amide bonds. The molecule has 0 fully saturated rings. The number of esters is 1. The summed E-state index contributed by atoms with van der Waals surface area (Å²) in [5.41, 5.74) is 3.20. The van der Waals surface area contributed by atoms with Crippen LogP contribution in [0.25, 0.3) is 0 Å². The number of carbonyl (C=O) groups is 1. The Hall–Kier alpha value is -3.47. The lowest BCUT2D eigenvalue weighted by molar-refractivity contribution is -0.134. The van der Waals surface area contributed by atoms with Gasteiger partial charge in [0.2, 0.25) is 0 Å². The van der Waals surface area contributed by atoms with E-state index < -0.39 is 0 Å². The Kier molecular flexibility index (Phi) is 11.8. The first-order valence-corrected chi connectivity index (χ1v) is 15.0. The highest BCUT2D eigenvalue weighted by Gasteiger charge is 2.25. The SMILES string of the molecule is CCCCCCCCCCCC(=O)Oc1ccc2c(c1)OC(c1ccc(OC)cc1OCc1ccccc1)CC2. The topological polar surface area (TPSA) is 54.0 Å². The van der Waals surface area contributed by atoms with Crippen LogP contribution in [0.2, 0.25) is 0 Å². The summed E-state index contributed by atoms with van der Waals surface area (Å²) in [5.74, 6) is 2.61. The first-order chi connectivity index (χ1) is 19.7. The predicted molar refractivity (Wildman–Crippen MR) is 159 cm³/mol. The van der Waals surface area contributed by atoms with Crippen molar-refractivity contribution in [2.45, 2.75) is 96.7 Å². The van der Waals surface area contributed by atoms with E-state index in [1.54, 1.807) is 7.11 Å². The lowest BCUT2D eigenvalue weighted by atomic mass is 9.96. The number of unbranched alkanes of at least 4 members (excludes halogenated alkanes) is 8. The maximum Gasteiger partial charge on any atom is 0.311 e. The van der Waals surface area contributed by atoms with Crippen LogP contribution >= 0.6 is 0 Å². The number of aryl methyl sites for hydroxylation is 1. The number of methoxy groups -OCH3 is 1. The molecule has 0 N–H and O–H groups in total. The molecular weight excluding hydrogens is 500 g/mol. The smallest absolute Gasteiger partial charge is 0.311 e. The van der Waals surface area contributed by atoms with E-state index in [-0.39, 0.29) is 12.1 Å². The molecule has 5 heteroatoms. The molecule has 5 nitrogen and oxygen atoms in total. The van der Waals surface area contributed by atoms with Gasteiger partial charge >= 0.3 is 5.97 Å². The summed E-state index contributed by atoms with van der Waals surface area (Å²) in [6.07, 6.45) is 13.0. The van der Waals surface area contributed by atoms with E-state index >= 15 is 0 Å². The van der Waals surface area contributed by atoms with Crippen molar-refractivity contribution in [2.75, 3.05) is 7.11 Å². The minimum Gasteiger partial charge on any atom is -0.497 e. The molecular formula is C35H44O5. The Morgan fingerprint density at radius 3 is 2.33 bits per heavy atom. The fourth-order valence-corrected chi connectivity index (χ4v) is 5.16. The van der Waals surface area contributed by atoms with Crippen LogP contribution < -0.4 is 18.9 Å². The fraction of sp³-hybridized carbons (Fsp3) is 0.457. The van der Waals surface area contributed by atoms with Crippen LogP contribution in [0.4, 0.5) is 0 Å². The lowest BCUT2D eigenvalue weighted by Gasteiger charge is -2.28. The number of hydrogen-bond donors (Lipinski definition) is 0. The van der Waals surface area contributed by atoms with Crippen LogP contribution in [0.15, 0.2) is 66.7 Å². The standard InChI is InChI=1S/C35H44O5/c1-3-4-5-6-7-8-9-10-14-17-35(36)39-30-20-18-28-19-23-32(40-33(28)25-30)31-22-21-29(37-2)24-34(31)38-26-27-15-12-11-13-16-27/h11-13,15-16,18,20-22,24-25,32H,3-10,14,17,19,23,26H2,1-2H3. The van der Waals surface area contributed by atoms with Gasteiger partial charge in [-0.3, -0.25) is 4.79 Å². The largest absolute Gasteiger partial charge is 0.497 e. The molecule has 1 aliphatic rings. The third-order valence-electron chi connectivity index (χ3n) is 7.50. The van der Waals surface area contributed by atoms with Crippen molar-refractivity contribution in [3.8, 4) is 23.0 Å². The van der Waals surface area contributed by atoms with Crippen LogP contribution in [0.5, 0.6) is 23.0 Å². The molecule has 1 heterocycles. The predicted octanol–water partition coefficient (Wildman–Crippen LogP) is 9.17. The molecule has 4 rings (SSSR count). The number of ether oxygens (including phenoxy) is 4. The minimum atomic E-state index is -0.179. The van der Waals surface area contributed by atoms with Crippen molar-refractivity contribution in [3.63, 3.8) is 0 Å². The van der Waals surface area contributed by atoms with Gasteiger partial charge in [-0.05, 0) is 48.6 Å². The molecule has 3 aromatic rings. The molecule has 0 aromatic heterocycles. The third kappa shape index (κ3) is 9.04. The quantitative estimate of drug-likeness (QED) is 0.102. The highest BCUT2D eigenvalue weighted by atomic mass is 16.5. The van der Waals surface area contributed by atoms with E-state index in [2.05, 4.69) is 6.92 Å². The van der Waals surface area contributed by atoms with Gasteiger partial charge in [0.15, 0.2) is 0 Å². The summed E-state index contributed by atoms with van der Waals surface area (Å²) in [4.78, 5) is 12.5. The van der Waals surface area contributed by atoms with E-state index in [0.717, 1.165) is 59.6 Å². The zero-order valence-electron chi connectivity index (χ0n) is 24.2. The van der Waals surface area contributed by atoms with Gasteiger partial charge in [-0.2, -0.15) is 0 Å². The average molecular weight is 545 g/mol. The average Bonchev–Trinajstić information content (AvgIpc) is 2.99. The maximum absolute atomic E-state index is 12.5. The molecule has 1 aliphatic heterocycles. The second-order valence-electron chi connectivity index (χ2n) is 10.6. The normalized spacial score (nSPS) is 14.2. The van der Waals surface area contributed by atoms with E-state index in [0.29, 0.717) is 18.8 Å². The number of hydrogen-bond acceptors (Lipinski definition) is 5. The summed E-state index contributed by atoms with van der Waals surface area (Å²) in [7, 11) is 1.65. The zero-order chi connectivity index (χ0) is 28.0. The molecule has 214 valence electrons. The Bertz CT molecular complexity index is 1190. The van der Waals surface area contributed by atoms with Crippen molar-refractivity contribution in [3.05, 3.63) is 83.4 Å². The highest BCUT2D eigenvalue weighted by molar-refractivity contribution is 5.72. The Morgan fingerprint density at radius 1 is 0.850 bits per heavy atom. The van der Waals surface area contributed by atoms with Gasteiger partial charge in [-0.1, -0.05) is 94.7 Å². The molecule has 0 bridgehead atoms. The van der Waals surface area contributed by atoms with Crippen molar-refractivity contribution in [1.82, 2.24) is 0 Å². The molecule has 1 atom stereocenters. The molecule has 0 saturated heterocycles. The van der Waals surface area contributed by atoms with Gasteiger partial charge in [0, 0.05) is 24.1 Å². The van der Waals surface area contributed by atoms with Gasteiger partial charge in [0.25, 0.3) is 0 Å². The first-order valence-electron chi connectivity index (χ1n) is 15.0. The number of fused-ring (bicyclic) bond motifs is 1. The van der Waals surface area contributed by atoms with Gasteiger partial charge in [0.05, 0.1) is 7.11 Å². The Labute approximate surface area is 239 Å². The Morgan fingerprint density at radius 2 is 1.57 bits per heavy atom. The van der Waals surface area contributed by atoms with Gasteiger partial charge in [-0.15, -0.1) is 0 Å². The third-order valence-corrected chi connectivity index (χ3v) is 7.50. The zero-order valence-corrected chi connectivity index (χ0v) is 24.2. The van der Waals surface area contributed by atoms with Crippen LogP contribution in [0.1, 0.15) is 100 Å². The molecule has 0 spiro atoms. The van der Waals surface area contributed by atoms with Crippen LogP contribution in [0.3, 0.4) is 0 Å². The van der Waals surface area contributed by atoms with Gasteiger partial charge < -0.3 is 18.9 Å². The van der Waals surface area contributed by atoms with Crippen LogP contribution in [0, 0.1) is 0 Å². The summed E-state index contributed by atoms with van der Waals surface area (Å²) >= 11 is 0. The number of carbonyl (C=O) groups excluding carboxylic acids is 1. The van der Waals surface area contributed by atoms with Crippen molar-refractivity contribution in [2.24, 2.45) is 0 Å². The van der Waals surface area contributed by atoms with Gasteiger partial charge in [0.1, 0.15) is 35.7 Å². The van der Waals surface area contributed by atoms with Crippen LogP contribution in [-0.2, 0) is 17.8 Å². The number of rotatable bonds is 16.